The summed E-state index contributed by atoms with van der Waals surface area (Å²) in [7, 11) is -1.97. The third-order valence-corrected chi connectivity index (χ3v) is 8.35. The van der Waals surface area contributed by atoms with Gasteiger partial charge in [0.25, 0.3) is 11.8 Å². The van der Waals surface area contributed by atoms with Crippen molar-refractivity contribution in [1.29, 1.82) is 0 Å². The van der Waals surface area contributed by atoms with Crippen LogP contribution in [0.25, 0.3) is 11.1 Å². The molecule has 10 nitrogen and oxygen atoms in total. The predicted octanol–water partition coefficient (Wildman–Crippen LogP) is 3.51. The molecule has 3 aromatic rings. The first-order valence-corrected chi connectivity index (χ1v) is 15.0. The van der Waals surface area contributed by atoms with E-state index in [-0.39, 0.29) is 11.8 Å². The smallest absolute Gasteiger partial charge is 0.257 e. The quantitative estimate of drug-likeness (QED) is 0.359. The molecule has 210 valence electrons. The van der Waals surface area contributed by atoms with Gasteiger partial charge in [-0.1, -0.05) is 24.3 Å². The number of carbonyl (C=O) groups excluding carboxylic acids is 2. The van der Waals surface area contributed by atoms with E-state index in [4.69, 9.17) is 4.74 Å². The van der Waals surface area contributed by atoms with Crippen LogP contribution in [-0.4, -0.2) is 77.8 Å². The van der Waals surface area contributed by atoms with Gasteiger partial charge in [-0.2, -0.15) is 0 Å². The van der Waals surface area contributed by atoms with Crippen LogP contribution in [0.5, 0.6) is 0 Å². The second kappa shape index (κ2) is 11.7. The molecule has 3 N–H and O–H groups in total. The summed E-state index contributed by atoms with van der Waals surface area (Å²) >= 11 is 0. The van der Waals surface area contributed by atoms with Crippen molar-refractivity contribution in [2.45, 2.75) is 6.42 Å². The number of amides is 2. The number of sulfonamides is 1. The molecule has 0 aromatic heterocycles. The maximum atomic E-state index is 13.0. The van der Waals surface area contributed by atoms with Gasteiger partial charge in [0.1, 0.15) is 0 Å². The van der Waals surface area contributed by atoms with Crippen molar-refractivity contribution >= 4 is 44.6 Å². The largest absolute Gasteiger partial charge is 0.379 e. The molecule has 1 fully saturated rings. The Balaban J connectivity index is 1.35. The molecule has 0 radical (unpaired) electrons. The normalized spacial score (nSPS) is 15.2. The molecule has 2 aliphatic heterocycles. The highest BCUT2D eigenvalue weighted by molar-refractivity contribution is 7.92. The maximum Gasteiger partial charge on any atom is 0.257 e. The molecule has 0 unspecified atom stereocenters. The molecule has 0 bridgehead atoms. The summed E-state index contributed by atoms with van der Waals surface area (Å²) in [4.78, 5) is 28.2. The van der Waals surface area contributed by atoms with Crippen LogP contribution in [0.2, 0.25) is 0 Å². The molecule has 5 rings (SSSR count). The molecule has 0 spiro atoms. The van der Waals surface area contributed by atoms with Crippen LogP contribution in [0.15, 0.2) is 60.7 Å². The van der Waals surface area contributed by atoms with E-state index in [2.05, 4.69) is 20.9 Å². The number of hydrogen-bond acceptors (Lipinski definition) is 7. The molecule has 11 heteroatoms. The number of nitrogens with one attached hydrogen (secondary N) is 3. The Hall–Kier alpha value is -3.93. The number of ether oxygens (including phenoxy) is 1. The van der Waals surface area contributed by atoms with E-state index >= 15 is 0 Å². The van der Waals surface area contributed by atoms with Crippen LogP contribution in [0.1, 0.15) is 27.1 Å². The van der Waals surface area contributed by atoms with E-state index in [1.165, 1.54) is 11.4 Å². The van der Waals surface area contributed by atoms with E-state index in [1.54, 1.807) is 42.5 Å². The number of nitrogens with zero attached hydrogens (tertiary/aromatic N) is 2. The molecule has 40 heavy (non-hydrogen) atoms. The van der Waals surface area contributed by atoms with E-state index in [1.807, 2.05) is 18.2 Å². The molecule has 0 atom stereocenters. The van der Waals surface area contributed by atoms with E-state index in [0.29, 0.717) is 46.0 Å². The Morgan fingerprint density at radius 3 is 2.52 bits per heavy atom. The summed E-state index contributed by atoms with van der Waals surface area (Å²) in [5.74, 6) is -0.469. The van der Waals surface area contributed by atoms with E-state index in [9.17, 15) is 18.0 Å². The summed E-state index contributed by atoms with van der Waals surface area (Å²) in [6.07, 6.45) is 2.00. The number of carbonyl (C=O) groups is 2. The third-order valence-electron chi connectivity index (χ3n) is 7.16. The molecule has 0 saturated carbocycles. The van der Waals surface area contributed by atoms with Crippen molar-refractivity contribution in [3.05, 3.63) is 71.8 Å². The van der Waals surface area contributed by atoms with Gasteiger partial charge in [-0.3, -0.25) is 18.8 Å². The zero-order chi connectivity index (χ0) is 28.3. The molecule has 2 aliphatic rings. The first kappa shape index (κ1) is 27.6. The first-order valence-electron chi connectivity index (χ1n) is 13.2. The van der Waals surface area contributed by atoms with Crippen molar-refractivity contribution in [1.82, 2.24) is 10.2 Å². The first-order chi connectivity index (χ1) is 19.2. The Labute approximate surface area is 234 Å². The van der Waals surface area contributed by atoms with E-state index < -0.39 is 10.0 Å². The van der Waals surface area contributed by atoms with Crippen molar-refractivity contribution in [3.8, 4) is 11.1 Å². The van der Waals surface area contributed by atoms with E-state index in [0.717, 1.165) is 51.1 Å². The SMILES string of the molecule is CN(c1ccccc1-c1ccc2c(c1)Nc1cc(C(=O)NCCCN3CCOCC3)ccc1NC2=O)S(C)(=O)=O. The second-order valence-corrected chi connectivity index (χ2v) is 11.9. The minimum atomic E-state index is -3.48. The molecular weight excluding hydrogens is 530 g/mol. The lowest BCUT2D eigenvalue weighted by Crippen LogP contribution is -2.38. The van der Waals surface area contributed by atoms with Gasteiger partial charge in [0, 0.05) is 37.8 Å². The molecule has 0 aliphatic carbocycles. The highest BCUT2D eigenvalue weighted by Gasteiger charge is 2.22. The zero-order valence-corrected chi connectivity index (χ0v) is 23.4. The van der Waals surface area contributed by atoms with Gasteiger partial charge in [0.15, 0.2) is 0 Å². The van der Waals surface area contributed by atoms with Gasteiger partial charge in [-0.05, 0) is 54.9 Å². The maximum absolute atomic E-state index is 13.0. The van der Waals surface area contributed by atoms with Gasteiger partial charge in [-0.15, -0.1) is 0 Å². The second-order valence-electron chi connectivity index (χ2n) is 9.91. The predicted molar refractivity (Wildman–Crippen MR) is 157 cm³/mol. The van der Waals surface area contributed by atoms with Crippen molar-refractivity contribution < 1.29 is 22.7 Å². The molecule has 1 saturated heterocycles. The minimum absolute atomic E-state index is 0.186. The monoisotopic (exact) mass is 563 g/mol. The lowest BCUT2D eigenvalue weighted by Gasteiger charge is -2.26. The number of fused-ring (bicyclic) bond motifs is 2. The van der Waals surface area contributed by atoms with Crippen LogP contribution >= 0.6 is 0 Å². The average Bonchev–Trinajstić information content (AvgIpc) is 3.09. The molecule has 3 aromatic carbocycles. The van der Waals surface area contributed by atoms with Crippen LogP contribution in [0.4, 0.5) is 22.7 Å². The molecule has 2 amide bonds. The fourth-order valence-electron chi connectivity index (χ4n) is 4.85. The fraction of sp³-hybridized carbons (Fsp3) is 0.310. The summed E-state index contributed by atoms with van der Waals surface area (Å²) < 4.78 is 31.1. The molecule has 2 heterocycles. The van der Waals surface area contributed by atoms with Gasteiger partial charge in [-0.25, -0.2) is 8.42 Å². The van der Waals surface area contributed by atoms with Crippen molar-refractivity contribution in [2.75, 3.05) is 67.6 Å². The number of para-hydroxylation sites is 1. The average molecular weight is 564 g/mol. The number of rotatable bonds is 8. The highest BCUT2D eigenvalue weighted by atomic mass is 32.2. The number of morpholine rings is 1. The van der Waals surface area contributed by atoms with Gasteiger partial charge < -0.3 is 20.7 Å². The minimum Gasteiger partial charge on any atom is -0.379 e. The number of hydrogen-bond donors (Lipinski definition) is 3. The zero-order valence-electron chi connectivity index (χ0n) is 22.6. The number of benzene rings is 3. The summed E-state index contributed by atoms with van der Waals surface area (Å²) in [6, 6.07) is 17.6. The lowest BCUT2D eigenvalue weighted by atomic mass is 10.0. The molecular formula is C29H33N5O5S. The van der Waals surface area contributed by atoms with Crippen molar-refractivity contribution in [2.24, 2.45) is 0 Å². The van der Waals surface area contributed by atoms with Gasteiger partial charge in [0.05, 0.1) is 47.8 Å². The van der Waals surface area contributed by atoms with Crippen LogP contribution < -0.4 is 20.3 Å². The van der Waals surface area contributed by atoms with Crippen LogP contribution in [0.3, 0.4) is 0 Å². The Bertz CT molecular complexity index is 1540. The lowest BCUT2D eigenvalue weighted by molar-refractivity contribution is 0.0374. The fourth-order valence-corrected chi connectivity index (χ4v) is 5.36. The van der Waals surface area contributed by atoms with Crippen LogP contribution in [-0.2, 0) is 14.8 Å². The Morgan fingerprint density at radius 2 is 1.75 bits per heavy atom. The van der Waals surface area contributed by atoms with Crippen molar-refractivity contribution in [3.63, 3.8) is 0 Å². The Morgan fingerprint density at radius 1 is 0.975 bits per heavy atom. The highest BCUT2D eigenvalue weighted by Crippen LogP contribution is 2.37. The van der Waals surface area contributed by atoms with Gasteiger partial charge >= 0.3 is 0 Å². The third kappa shape index (κ3) is 6.11. The van der Waals surface area contributed by atoms with Gasteiger partial charge in [0.2, 0.25) is 10.0 Å². The summed E-state index contributed by atoms with van der Waals surface area (Å²) in [6.45, 7) is 4.80. The number of anilines is 4. The Kier molecular flexibility index (Phi) is 8.06. The summed E-state index contributed by atoms with van der Waals surface area (Å²) in [5, 5.41) is 9.20. The standard InChI is InChI=1S/C29H33N5O5S/c1-33(40(2,37)38)27-7-4-3-6-22(27)20-8-10-23-25(18-20)31-26-19-21(9-11-24(26)32-29(23)36)28(35)30-12-5-13-34-14-16-39-17-15-34/h3-4,6-11,18-19,31H,5,12-17H2,1-2H3,(H,30,35)(H,32,36). The van der Waals surface area contributed by atoms with Crippen LogP contribution in [0, 0.1) is 0 Å². The summed E-state index contributed by atoms with van der Waals surface area (Å²) in [5.41, 5.74) is 4.58. The topological polar surface area (TPSA) is 120 Å².